The third-order valence-corrected chi connectivity index (χ3v) is 6.73. The van der Waals surface area contributed by atoms with E-state index in [9.17, 15) is 14.9 Å². The van der Waals surface area contributed by atoms with E-state index in [-0.39, 0.29) is 34.4 Å². The Morgan fingerprint density at radius 3 is 2.70 bits per heavy atom. The molecule has 4 heterocycles. The lowest BCUT2D eigenvalue weighted by atomic mass is 10.1. The van der Waals surface area contributed by atoms with Gasteiger partial charge in [-0.1, -0.05) is 23.4 Å². The molecule has 9 heteroatoms. The van der Waals surface area contributed by atoms with Gasteiger partial charge in [-0.25, -0.2) is 0 Å². The van der Waals surface area contributed by atoms with E-state index in [4.69, 9.17) is 4.52 Å². The maximum absolute atomic E-state index is 12.8. The Labute approximate surface area is 171 Å². The molecule has 3 atom stereocenters. The summed E-state index contributed by atoms with van der Waals surface area (Å²) in [6.45, 7) is 2.23. The first-order valence-corrected chi connectivity index (χ1v) is 10.0. The van der Waals surface area contributed by atoms with Crippen molar-refractivity contribution in [3.05, 3.63) is 64.5 Å². The van der Waals surface area contributed by atoms with Crippen LogP contribution in [0.2, 0.25) is 0 Å². The fourth-order valence-electron chi connectivity index (χ4n) is 5.45. The molecule has 2 bridgehead atoms. The molecule has 3 aliphatic heterocycles. The first kappa shape index (κ1) is 17.4. The lowest BCUT2D eigenvalue weighted by Crippen LogP contribution is -2.53. The number of carbonyl (C=O) groups excluding carboxylic acids is 1. The van der Waals surface area contributed by atoms with E-state index in [0.717, 1.165) is 30.7 Å². The van der Waals surface area contributed by atoms with Crippen LogP contribution in [0.3, 0.4) is 0 Å². The number of carbonyl (C=O) groups is 1. The number of aromatic nitrogens is 1. The molecular formula is C21H19N5O4. The first-order chi connectivity index (χ1) is 14.6. The average Bonchev–Trinajstić information content (AvgIpc) is 3.54. The Hall–Kier alpha value is -3.46. The Balaban J connectivity index is 1.30. The molecule has 30 heavy (non-hydrogen) atoms. The van der Waals surface area contributed by atoms with Gasteiger partial charge in [0.25, 0.3) is 11.6 Å². The Kier molecular flexibility index (Phi) is 3.64. The molecule has 2 aromatic carbocycles. The maximum Gasteiger partial charge on any atom is 0.292 e. The van der Waals surface area contributed by atoms with Gasteiger partial charge in [0, 0.05) is 48.4 Å². The third-order valence-electron chi connectivity index (χ3n) is 6.73. The fourth-order valence-corrected chi connectivity index (χ4v) is 5.45. The molecule has 0 radical (unpaired) electrons. The highest BCUT2D eigenvalue weighted by Crippen LogP contribution is 2.43. The molecule has 0 N–H and O–H groups in total. The van der Waals surface area contributed by atoms with Crippen molar-refractivity contribution in [3.8, 4) is 0 Å². The number of fused-ring (bicyclic) bond motifs is 6. The fraction of sp³-hybridized carbons (Fsp3) is 0.333. The molecule has 3 unspecified atom stereocenters. The zero-order valence-corrected chi connectivity index (χ0v) is 16.0. The van der Waals surface area contributed by atoms with Crippen LogP contribution in [0.25, 0.3) is 10.8 Å². The highest BCUT2D eigenvalue weighted by molar-refractivity contribution is 6.00. The van der Waals surface area contributed by atoms with Crippen LogP contribution in [0.5, 0.6) is 0 Å². The van der Waals surface area contributed by atoms with Gasteiger partial charge in [-0.2, -0.15) is 0 Å². The highest BCUT2D eigenvalue weighted by Gasteiger charge is 2.55. The van der Waals surface area contributed by atoms with Gasteiger partial charge in [-0.05, 0) is 18.6 Å². The molecule has 9 nitrogen and oxygen atoms in total. The number of benzene rings is 2. The van der Waals surface area contributed by atoms with Crippen molar-refractivity contribution in [3.63, 3.8) is 0 Å². The summed E-state index contributed by atoms with van der Waals surface area (Å²) in [7, 11) is 0. The molecule has 1 amide bonds. The lowest BCUT2D eigenvalue weighted by molar-refractivity contribution is -0.383. The van der Waals surface area contributed by atoms with Crippen LogP contribution in [0.4, 0.5) is 11.4 Å². The number of nitro benzene ring substituents is 1. The molecule has 3 aromatic rings. The molecule has 3 aliphatic rings. The normalized spacial score (nSPS) is 25.3. The number of anilines is 1. The molecule has 0 spiro atoms. The molecule has 6 rings (SSSR count). The Morgan fingerprint density at radius 2 is 1.93 bits per heavy atom. The predicted molar refractivity (Wildman–Crippen MR) is 108 cm³/mol. The summed E-state index contributed by atoms with van der Waals surface area (Å²) >= 11 is 0. The van der Waals surface area contributed by atoms with E-state index in [1.807, 2.05) is 29.2 Å². The van der Waals surface area contributed by atoms with E-state index in [1.54, 1.807) is 18.2 Å². The Morgan fingerprint density at radius 1 is 1.10 bits per heavy atom. The minimum atomic E-state index is -0.332. The minimum absolute atomic E-state index is 0.0983. The topological polar surface area (TPSA) is 96.0 Å². The number of likely N-dealkylation sites (tertiary alicyclic amines) is 1. The summed E-state index contributed by atoms with van der Waals surface area (Å²) in [4.78, 5) is 30.6. The van der Waals surface area contributed by atoms with E-state index in [2.05, 4.69) is 15.0 Å². The highest BCUT2D eigenvalue weighted by atomic mass is 16.6. The predicted octanol–water partition coefficient (Wildman–Crippen LogP) is 2.48. The number of piperazine rings is 1. The van der Waals surface area contributed by atoms with Gasteiger partial charge in [0.05, 0.1) is 29.2 Å². The SMILES string of the molecule is O=C(c1ccno1)N1CC2CC1C1CN(c3ccc([N+](=O)[O-])c4ccccc34)CN21. The molecule has 3 saturated heterocycles. The van der Waals surface area contributed by atoms with Crippen LogP contribution in [0.15, 0.2) is 53.2 Å². The summed E-state index contributed by atoms with van der Waals surface area (Å²) in [5.74, 6) is 0.184. The maximum atomic E-state index is 12.8. The van der Waals surface area contributed by atoms with Crippen molar-refractivity contribution in [1.29, 1.82) is 0 Å². The van der Waals surface area contributed by atoms with Gasteiger partial charge in [0.1, 0.15) is 0 Å². The Bertz CT molecular complexity index is 1160. The molecule has 0 aliphatic carbocycles. The number of amides is 1. The van der Waals surface area contributed by atoms with Crippen molar-refractivity contribution in [1.82, 2.24) is 15.0 Å². The van der Waals surface area contributed by atoms with Gasteiger partial charge in [0.2, 0.25) is 5.76 Å². The zero-order chi connectivity index (χ0) is 20.4. The van der Waals surface area contributed by atoms with Crippen LogP contribution < -0.4 is 4.90 Å². The largest absolute Gasteiger partial charge is 0.356 e. The number of non-ortho nitro benzene ring substituents is 1. The second-order valence-electron chi connectivity index (χ2n) is 8.14. The number of hydrogen-bond donors (Lipinski definition) is 0. The molecule has 3 fully saturated rings. The number of hydrogen-bond acceptors (Lipinski definition) is 7. The van der Waals surface area contributed by atoms with Crippen LogP contribution in [0, 0.1) is 10.1 Å². The quantitative estimate of drug-likeness (QED) is 0.488. The van der Waals surface area contributed by atoms with Crippen LogP contribution >= 0.6 is 0 Å². The van der Waals surface area contributed by atoms with Gasteiger partial charge in [-0.15, -0.1) is 0 Å². The standard InChI is InChI=1S/C21H19N5O4/c27-21(20-7-8-22-30-20)24-10-13-9-18(24)19-11-23(12-25(13)19)16-5-6-17(26(28)29)15-4-2-1-3-14(15)16/h1-8,13,18-19H,9-12H2. The molecule has 0 saturated carbocycles. The lowest BCUT2D eigenvalue weighted by Gasteiger charge is -2.35. The van der Waals surface area contributed by atoms with Gasteiger partial charge < -0.3 is 14.3 Å². The van der Waals surface area contributed by atoms with Crippen LogP contribution in [-0.4, -0.2) is 63.7 Å². The summed E-state index contributed by atoms with van der Waals surface area (Å²) < 4.78 is 5.08. The van der Waals surface area contributed by atoms with Crippen molar-refractivity contribution in [2.24, 2.45) is 0 Å². The summed E-state index contributed by atoms with van der Waals surface area (Å²) in [5.41, 5.74) is 1.12. The molecule has 1 aromatic heterocycles. The summed E-state index contributed by atoms with van der Waals surface area (Å²) in [6.07, 6.45) is 2.46. The van der Waals surface area contributed by atoms with Gasteiger partial charge in [-0.3, -0.25) is 19.8 Å². The minimum Gasteiger partial charge on any atom is -0.356 e. The van der Waals surface area contributed by atoms with Crippen molar-refractivity contribution in [2.75, 3.05) is 24.7 Å². The second-order valence-corrected chi connectivity index (χ2v) is 8.14. The summed E-state index contributed by atoms with van der Waals surface area (Å²) in [6, 6.07) is 13.2. The van der Waals surface area contributed by atoms with E-state index in [1.165, 1.54) is 6.20 Å². The number of nitro groups is 1. The average molecular weight is 405 g/mol. The van der Waals surface area contributed by atoms with E-state index in [0.29, 0.717) is 18.0 Å². The zero-order valence-electron chi connectivity index (χ0n) is 16.0. The van der Waals surface area contributed by atoms with E-state index < -0.39 is 0 Å². The van der Waals surface area contributed by atoms with E-state index >= 15 is 0 Å². The first-order valence-electron chi connectivity index (χ1n) is 10.0. The molecule has 152 valence electrons. The number of rotatable bonds is 3. The molecular weight excluding hydrogens is 386 g/mol. The van der Waals surface area contributed by atoms with Gasteiger partial charge in [0.15, 0.2) is 0 Å². The van der Waals surface area contributed by atoms with Crippen molar-refractivity contribution < 1.29 is 14.2 Å². The smallest absolute Gasteiger partial charge is 0.292 e. The summed E-state index contributed by atoms with van der Waals surface area (Å²) in [5, 5.41) is 16.6. The van der Waals surface area contributed by atoms with Crippen molar-refractivity contribution >= 4 is 28.1 Å². The van der Waals surface area contributed by atoms with Crippen LogP contribution in [-0.2, 0) is 0 Å². The van der Waals surface area contributed by atoms with Crippen molar-refractivity contribution in [2.45, 2.75) is 24.5 Å². The third kappa shape index (κ3) is 2.38. The number of nitrogens with zero attached hydrogens (tertiary/aromatic N) is 5. The van der Waals surface area contributed by atoms with Crippen LogP contribution in [0.1, 0.15) is 17.0 Å². The van der Waals surface area contributed by atoms with Gasteiger partial charge >= 0.3 is 0 Å². The second kappa shape index (κ2) is 6.27. The monoisotopic (exact) mass is 405 g/mol.